The van der Waals surface area contributed by atoms with Crippen molar-refractivity contribution in [3.8, 4) is 11.5 Å². The molecule has 0 aliphatic heterocycles. The van der Waals surface area contributed by atoms with Gasteiger partial charge in [-0.05, 0) is 55.0 Å². The van der Waals surface area contributed by atoms with Gasteiger partial charge in [0.25, 0.3) is 5.09 Å². The second kappa shape index (κ2) is 22.3. The number of phenolic OH excluding ortho intramolecular Hbond substituents is 1. The molecule has 0 atom stereocenters. The van der Waals surface area contributed by atoms with E-state index < -0.39 is 11.1 Å². The van der Waals surface area contributed by atoms with E-state index in [9.17, 15) is 24.5 Å². The van der Waals surface area contributed by atoms with Crippen LogP contribution in [0.5, 0.6) is 11.5 Å². The van der Waals surface area contributed by atoms with Gasteiger partial charge in [-0.3, -0.25) is 14.4 Å². The van der Waals surface area contributed by atoms with E-state index in [2.05, 4.69) is 43.2 Å². The zero-order valence-electron chi connectivity index (χ0n) is 22.4. The first-order valence-corrected chi connectivity index (χ1v) is 11.9. The van der Waals surface area contributed by atoms with Crippen LogP contribution in [0.15, 0.2) is 48.5 Å². The third-order valence-electron chi connectivity index (χ3n) is 3.32. The number of nitrogens with one attached hydrogen (secondary N) is 2. The summed E-state index contributed by atoms with van der Waals surface area (Å²) in [5.41, 5.74) is 1.28. The van der Waals surface area contributed by atoms with Crippen molar-refractivity contribution in [2.45, 2.75) is 67.2 Å². The first-order chi connectivity index (χ1) is 17.5. The summed E-state index contributed by atoms with van der Waals surface area (Å²) in [6.07, 6.45) is 2.71. The van der Waals surface area contributed by atoms with Crippen molar-refractivity contribution in [1.29, 1.82) is 0 Å². The molecule has 0 saturated carbocycles. The number of benzene rings is 2. The quantitative estimate of drug-likeness (QED) is 0.0993. The summed E-state index contributed by atoms with van der Waals surface area (Å²) in [6, 6.07) is 12.6. The zero-order valence-corrected chi connectivity index (χ0v) is 22.4. The molecule has 0 heterocycles. The number of carbonyl (C=O) groups excluding carboxylic acids is 3. The molecule has 2 amide bonds. The van der Waals surface area contributed by atoms with E-state index in [4.69, 9.17) is 9.84 Å². The highest BCUT2D eigenvalue weighted by Crippen LogP contribution is 2.16. The Hall–Kier alpha value is -4.15. The largest absolute Gasteiger partial charge is 0.508 e. The minimum absolute atomic E-state index is 0.0152. The zero-order chi connectivity index (χ0) is 28.6. The van der Waals surface area contributed by atoms with Crippen LogP contribution >= 0.6 is 0 Å². The molecule has 2 aromatic carbocycles. The topological polar surface area (TPSA) is 157 Å². The maximum Gasteiger partial charge on any atom is 0.311 e. The molecular formula is C26H39N3O8. The number of amides is 2. The predicted molar refractivity (Wildman–Crippen MR) is 143 cm³/mol. The first kappa shape index (κ1) is 35.0. The van der Waals surface area contributed by atoms with Gasteiger partial charge in [0.1, 0.15) is 11.5 Å². The predicted octanol–water partition coefficient (Wildman–Crippen LogP) is 5.72. The van der Waals surface area contributed by atoms with Crippen molar-refractivity contribution in [3.63, 3.8) is 0 Å². The van der Waals surface area contributed by atoms with Crippen LogP contribution in [0.2, 0.25) is 0 Å². The lowest BCUT2D eigenvalue weighted by Crippen LogP contribution is -2.10. The van der Waals surface area contributed by atoms with Gasteiger partial charge >= 0.3 is 5.97 Å². The lowest BCUT2D eigenvalue weighted by Gasteiger charge is -2.06. The van der Waals surface area contributed by atoms with E-state index in [0.717, 1.165) is 0 Å². The number of anilines is 2. The third kappa shape index (κ3) is 23.4. The fourth-order valence-corrected chi connectivity index (χ4v) is 2.10. The number of aromatic hydroxyl groups is 1. The Kier molecular flexibility index (Phi) is 21.1. The van der Waals surface area contributed by atoms with Crippen LogP contribution in [-0.2, 0) is 19.2 Å². The molecule has 0 spiro atoms. The SMILES string of the molecule is CC(=O)Nc1ccc(O)cc1.CC(=O)Nc1ccc(OC(=O)CCCO[N+](=O)[O-])cc1.CCC.CCC. The molecular weight excluding hydrogens is 482 g/mol. The molecule has 11 heteroatoms. The highest BCUT2D eigenvalue weighted by atomic mass is 16.9. The number of nitrogens with zero attached hydrogens (tertiary/aromatic N) is 1. The Morgan fingerprint density at radius 3 is 1.62 bits per heavy atom. The van der Waals surface area contributed by atoms with Gasteiger partial charge in [-0.25, -0.2) is 0 Å². The van der Waals surface area contributed by atoms with Crippen LogP contribution in [0.25, 0.3) is 0 Å². The lowest BCUT2D eigenvalue weighted by atomic mass is 10.3. The Morgan fingerprint density at radius 1 is 0.838 bits per heavy atom. The molecule has 0 aromatic heterocycles. The smallest absolute Gasteiger partial charge is 0.311 e. The lowest BCUT2D eigenvalue weighted by molar-refractivity contribution is -0.757. The standard InChI is InChI=1S/C12H14N2O6.C8H9NO2.2C3H8/c1-9(15)13-10-4-6-11(7-5-10)20-12(16)3-2-8-19-14(17)18;1-6(10)9-7-2-4-8(11)5-3-7;2*1-3-2/h4-7H,2-3,8H2,1H3,(H,13,15);2-5,11H,1H3,(H,9,10);2*3H2,1-2H3. The number of rotatable bonds is 8. The first-order valence-electron chi connectivity index (χ1n) is 11.9. The van der Waals surface area contributed by atoms with Crippen LogP contribution in [0.4, 0.5) is 11.4 Å². The van der Waals surface area contributed by atoms with E-state index >= 15 is 0 Å². The normalized spacial score (nSPS) is 8.92. The fourth-order valence-electron chi connectivity index (χ4n) is 2.10. The van der Waals surface area contributed by atoms with Crippen molar-refractivity contribution < 1.29 is 34.2 Å². The van der Waals surface area contributed by atoms with Gasteiger partial charge in [-0.15, -0.1) is 10.1 Å². The molecule has 11 nitrogen and oxygen atoms in total. The fraction of sp³-hybridized carbons (Fsp3) is 0.423. The van der Waals surface area contributed by atoms with E-state index in [1.54, 1.807) is 24.3 Å². The van der Waals surface area contributed by atoms with Gasteiger partial charge in [0.15, 0.2) is 0 Å². The molecule has 0 aliphatic carbocycles. The Bertz CT molecular complexity index is 914. The second-order valence-corrected chi connectivity index (χ2v) is 7.48. The summed E-state index contributed by atoms with van der Waals surface area (Å²) in [5.74, 6) is -0.293. The average Bonchev–Trinajstić information content (AvgIpc) is 2.80. The molecule has 3 N–H and O–H groups in total. The van der Waals surface area contributed by atoms with Gasteiger partial charge < -0.3 is 25.3 Å². The minimum Gasteiger partial charge on any atom is -0.508 e. The number of ether oxygens (including phenoxy) is 1. The molecule has 2 aromatic rings. The summed E-state index contributed by atoms with van der Waals surface area (Å²) in [4.78, 5) is 46.7. The van der Waals surface area contributed by atoms with E-state index in [1.165, 1.54) is 51.0 Å². The number of carbonyl (C=O) groups is 3. The van der Waals surface area contributed by atoms with Crippen LogP contribution in [0.3, 0.4) is 0 Å². The summed E-state index contributed by atoms with van der Waals surface area (Å²) >= 11 is 0. The Morgan fingerprint density at radius 2 is 1.24 bits per heavy atom. The molecule has 0 saturated heterocycles. The summed E-state index contributed by atoms with van der Waals surface area (Å²) < 4.78 is 5.00. The monoisotopic (exact) mass is 521 g/mol. The van der Waals surface area contributed by atoms with Crippen molar-refractivity contribution in [2.75, 3.05) is 17.2 Å². The van der Waals surface area contributed by atoms with Crippen LogP contribution in [0.1, 0.15) is 67.2 Å². The molecule has 206 valence electrons. The van der Waals surface area contributed by atoms with Gasteiger partial charge in [0, 0.05) is 31.6 Å². The minimum atomic E-state index is -0.911. The molecule has 2 rings (SSSR count). The third-order valence-corrected chi connectivity index (χ3v) is 3.32. The van der Waals surface area contributed by atoms with E-state index in [-0.39, 0.29) is 37.0 Å². The number of hydrogen-bond acceptors (Lipinski definition) is 8. The highest BCUT2D eigenvalue weighted by Gasteiger charge is 2.06. The van der Waals surface area contributed by atoms with Crippen molar-refractivity contribution >= 4 is 29.2 Å². The molecule has 37 heavy (non-hydrogen) atoms. The maximum atomic E-state index is 11.4. The van der Waals surface area contributed by atoms with Gasteiger partial charge in [0.05, 0.1) is 6.61 Å². The number of phenols is 1. The molecule has 0 bridgehead atoms. The molecule has 0 unspecified atom stereocenters. The highest BCUT2D eigenvalue weighted by molar-refractivity contribution is 5.89. The Balaban J connectivity index is 0. The maximum absolute atomic E-state index is 11.4. The van der Waals surface area contributed by atoms with Crippen LogP contribution in [-0.4, -0.2) is 34.6 Å². The molecule has 0 aliphatic rings. The Labute approximate surface area is 218 Å². The van der Waals surface area contributed by atoms with Crippen molar-refractivity contribution in [2.24, 2.45) is 0 Å². The van der Waals surface area contributed by atoms with Crippen molar-refractivity contribution in [1.82, 2.24) is 0 Å². The van der Waals surface area contributed by atoms with Gasteiger partial charge in [0.2, 0.25) is 11.8 Å². The summed E-state index contributed by atoms with van der Waals surface area (Å²) in [6.45, 7) is 11.2. The average molecular weight is 522 g/mol. The van der Waals surface area contributed by atoms with Crippen molar-refractivity contribution in [3.05, 3.63) is 58.6 Å². The second-order valence-electron chi connectivity index (χ2n) is 7.48. The van der Waals surface area contributed by atoms with Crippen LogP contribution in [0, 0.1) is 10.1 Å². The summed E-state index contributed by atoms with van der Waals surface area (Å²) in [7, 11) is 0. The summed E-state index contributed by atoms with van der Waals surface area (Å²) in [5, 5.41) is 23.0. The number of hydrogen-bond donors (Lipinski definition) is 3. The number of esters is 1. The van der Waals surface area contributed by atoms with Gasteiger partial charge in [-0.1, -0.05) is 40.5 Å². The molecule has 0 fully saturated rings. The van der Waals surface area contributed by atoms with Gasteiger partial charge in [-0.2, -0.15) is 0 Å². The van der Waals surface area contributed by atoms with E-state index in [1.807, 2.05) is 0 Å². The van der Waals surface area contributed by atoms with E-state index in [0.29, 0.717) is 17.1 Å². The molecule has 0 radical (unpaired) electrons. The van der Waals surface area contributed by atoms with Crippen LogP contribution < -0.4 is 15.4 Å².